The summed E-state index contributed by atoms with van der Waals surface area (Å²) in [5.74, 6) is 1.09. The third kappa shape index (κ3) is 6.14. The molecule has 0 saturated heterocycles. The lowest BCUT2D eigenvalue weighted by molar-refractivity contribution is 1.11. The first-order valence-electron chi connectivity index (χ1n) is 2.32. The quantitative estimate of drug-likeness (QED) is 0.351. The fourth-order valence-corrected chi connectivity index (χ4v) is 0.723. The normalized spacial score (nSPS) is 9.00. The van der Waals surface area contributed by atoms with Gasteiger partial charge in [0.15, 0.2) is 0 Å². The van der Waals surface area contributed by atoms with Crippen LogP contribution in [0.25, 0.3) is 0 Å². The Kier molecular flexibility index (Phi) is 4.39. The predicted octanol–water partition coefficient (Wildman–Crippen LogP) is -0.133. The minimum absolute atomic E-state index is 0.529. The van der Waals surface area contributed by atoms with Crippen molar-refractivity contribution in [2.75, 3.05) is 5.75 Å². The van der Waals surface area contributed by atoms with Crippen molar-refractivity contribution in [3.8, 4) is 0 Å². The molecule has 4 N–H and O–H groups in total. The molecule has 0 heterocycles. The van der Waals surface area contributed by atoms with Gasteiger partial charge in [0.2, 0.25) is 0 Å². The monoisotopic (exact) mass is 120 g/mol. The highest BCUT2D eigenvalue weighted by Crippen LogP contribution is 1.86. The van der Waals surface area contributed by atoms with E-state index in [1.165, 1.54) is 0 Å². The smallest absolute Gasteiger partial charge is 0.0745 e. The molecule has 0 saturated carbocycles. The topological polar surface area (TPSA) is 52.0 Å². The molecule has 0 radical (unpaired) electrons. The minimum atomic E-state index is 0.529. The van der Waals surface area contributed by atoms with E-state index < -0.39 is 0 Å². The molecule has 0 unspecified atom stereocenters. The van der Waals surface area contributed by atoms with Crippen LogP contribution in [0.2, 0.25) is 0 Å². The third-order valence-corrected chi connectivity index (χ3v) is 1.55. The Bertz CT molecular complexity index is 66.1. The lowest BCUT2D eigenvalue weighted by Crippen LogP contribution is -2.20. The van der Waals surface area contributed by atoms with Crippen LogP contribution in [0.3, 0.4) is 0 Å². The summed E-state index contributed by atoms with van der Waals surface area (Å²) in [6.45, 7) is 2.11. The summed E-state index contributed by atoms with van der Waals surface area (Å²) in [7, 11) is 0. The van der Waals surface area contributed by atoms with E-state index in [-0.39, 0.29) is 0 Å². The van der Waals surface area contributed by atoms with Gasteiger partial charge in [0.05, 0.1) is 5.11 Å². The maximum Gasteiger partial charge on any atom is 0.0745 e. The molecule has 0 fully saturated rings. The fraction of sp³-hybridized carbons (Fsp3) is 0.750. The van der Waals surface area contributed by atoms with Gasteiger partial charge in [0.25, 0.3) is 0 Å². The van der Waals surface area contributed by atoms with Gasteiger partial charge in [0, 0.05) is 0 Å². The van der Waals surface area contributed by atoms with E-state index in [0.717, 1.165) is 23.5 Å². The van der Waals surface area contributed by atoms with E-state index in [0.29, 0.717) is 5.11 Å². The van der Waals surface area contributed by atoms with Crippen molar-refractivity contribution in [2.45, 2.75) is 13.3 Å². The number of rotatable bonds is 2. The standard InChI is InChI=1S/C4H12N2S/c1-2-3-7-4(5)6/h7H,2-3,5-6H2,1H3. The second kappa shape index (κ2) is 4.30. The minimum Gasteiger partial charge on any atom is -0.289 e. The number of hydrogen-bond acceptors (Lipinski definition) is 0. The largest absolute Gasteiger partial charge is 0.289 e. The van der Waals surface area contributed by atoms with E-state index in [9.17, 15) is 0 Å². The molecule has 44 valence electrons. The lowest BCUT2D eigenvalue weighted by atomic mass is 10.6. The van der Waals surface area contributed by atoms with Crippen molar-refractivity contribution in [1.82, 2.24) is 0 Å². The van der Waals surface area contributed by atoms with E-state index in [2.05, 4.69) is 6.92 Å². The van der Waals surface area contributed by atoms with Gasteiger partial charge in [-0.3, -0.25) is 11.5 Å². The van der Waals surface area contributed by atoms with Crippen molar-refractivity contribution in [2.24, 2.45) is 11.5 Å². The van der Waals surface area contributed by atoms with Gasteiger partial charge in [-0.05, 0) is 12.2 Å². The number of hydrogen-bond donors (Lipinski definition) is 3. The SMILES string of the molecule is CCC[SH]=C(N)N. The Morgan fingerprint density at radius 1 is 1.57 bits per heavy atom. The zero-order valence-electron chi connectivity index (χ0n) is 4.52. The van der Waals surface area contributed by atoms with Gasteiger partial charge in [0.1, 0.15) is 0 Å². The molecule has 2 nitrogen and oxygen atoms in total. The average molecular weight is 120 g/mol. The van der Waals surface area contributed by atoms with E-state index in [1.807, 2.05) is 0 Å². The molecular formula is C4H12N2S. The molecule has 0 atom stereocenters. The first-order chi connectivity index (χ1) is 3.27. The van der Waals surface area contributed by atoms with Crippen molar-refractivity contribution in [3.05, 3.63) is 0 Å². The van der Waals surface area contributed by atoms with E-state index in [1.54, 1.807) is 0 Å². The van der Waals surface area contributed by atoms with E-state index >= 15 is 0 Å². The second-order valence-corrected chi connectivity index (χ2v) is 2.59. The van der Waals surface area contributed by atoms with Gasteiger partial charge in [-0.2, -0.15) is 11.4 Å². The molecule has 7 heavy (non-hydrogen) atoms. The molecule has 3 heteroatoms. The molecule has 0 aromatic carbocycles. The Labute approximate surface area is 47.8 Å². The Morgan fingerprint density at radius 3 is 2.29 bits per heavy atom. The Hall–Kier alpha value is 0.140. The highest BCUT2D eigenvalue weighted by molar-refractivity contribution is 7.98. The maximum atomic E-state index is 5.16. The summed E-state index contributed by atoms with van der Waals surface area (Å²) in [6.07, 6.45) is 1.15. The summed E-state index contributed by atoms with van der Waals surface area (Å²) < 4.78 is 0. The molecule has 0 aromatic rings. The summed E-state index contributed by atoms with van der Waals surface area (Å²) in [5, 5.41) is 0.529. The molecule has 0 aliphatic carbocycles. The van der Waals surface area contributed by atoms with Crippen LogP contribution in [0.15, 0.2) is 0 Å². The average Bonchev–Trinajstić information content (AvgIpc) is 1.61. The number of thiol groups is 1. The molecule has 0 rings (SSSR count). The van der Waals surface area contributed by atoms with Gasteiger partial charge in [-0.15, -0.1) is 0 Å². The first-order valence-corrected chi connectivity index (χ1v) is 3.40. The first kappa shape index (κ1) is 7.14. The summed E-state index contributed by atoms with van der Waals surface area (Å²) in [6, 6.07) is 0. The number of nitrogens with two attached hydrogens (primary N) is 2. The fourth-order valence-electron chi connectivity index (χ4n) is 0.241. The molecular weight excluding hydrogens is 108 g/mol. The highest BCUT2D eigenvalue weighted by atomic mass is 32.1. The zero-order chi connectivity index (χ0) is 5.70. The molecule has 0 aromatic heterocycles. The van der Waals surface area contributed by atoms with Crippen molar-refractivity contribution in [3.63, 3.8) is 0 Å². The van der Waals surface area contributed by atoms with Gasteiger partial charge in [-0.25, -0.2) is 0 Å². The third-order valence-electron chi connectivity index (χ3n) is 0.518. The van der Waals surface area contributed by atoms with Crippen molar-refractivity contribution in [1.29, 1.82) is 0 Å². The van der Waals surface area contributed by atoms with Gasteiger partial charge >= 0.3 is 0 Å². The molecule has 0 amide bonds. The molecule has 0 aliphatic rings. The zero-order valence-corrected chi connectivity index (χ0v) is 5.41. The lowest BCUT2D eigenvalue weighted by Gasteiger charge is -1.86. The van der Waals surface area contributed by atoms with Crippen LogP contribution in [-0.4, -0.2) is 10.9 Å². The maximum absolute atomic E-state index is 5.16. The van der Waals surface area contributed by atoms with Crippen LogP contribution in [-0.2, 0) is 0 Å². The van der Waals surface area contributed by atoms with Crippen LogP contribution < -0.4 is 11.5 Å². The van der Waals surface area contributed by atoms with Gasteiger partial charge < -0.3 is 0 Å². The van der Waals surface area contributed by atoms with Crippen molar-refractivity contribution >= 4 is 16.5 Å². The second-order valence-electron chi connectivity index (χ2n) is 1.31. The predicted molar refractivity (Wildman–Crippen MR) is 37.5 cm³/mol. The molecule has 0 aliphatic heterocycles. The van der Waals surface area contributed by atoms with Crippen LogP contribution in [0.1, 0.15) is 13.3 Å². The highest BCUT2D eigenvalue weighted by Gasteiger charge is 1.72. The summed E-state index contributed by atoms with van der Waals surface area (Å²) >= 11 is 1.08. The Balaban J connectivity index is 3.08. The van der Waals surface area contributed by atoms with E-state index in [4.69, 9.17) is 11.5 Å². The van der Waals surface area contributed by atoms with Crippen molar-refractivity contribution < 1.29 is 0 Å². The van der Waals surface area contributed by atoms with Crippen LogP contribution >= 0.6 is 11.4 Å². The molecule has 0 bridgehead atoms. The molecule has 0 spiro atoms. The van der Waals surface area contributed by atoms with Crippen LogP contribution in [0, 0.1) is 0 Å². The summed E-state index contributed by atoms with van der Waals surface area (Å²) in [5.41, 5.74) is 10.3. The van der Waals surface area contributed by atoms with Gasteiger partial charge in [-0.1, -0.05) is 6.92 Å². The van der Waals surface area contributed by atoms with Crippen LogP contribution in [0.5, 0.6) is 0 Å². The summed E-state index contributed by atoms with van der Waals surface area (Å²) in [4.78, 5) is 0. The Morgan fingerprint density at radius 2 is 2.14 bits per heavy atom. The van der Waals surface area contributed by atoms with Crippen LogP contribution in [0.4, 0.5) is 0 Å².